The van der Waals surface area contributed by atoms with Gasteiger partial charge in [-0.25, -0.2) is 14.2 Å². The van der Waals surface area contributed by atoms with Crippen LogP contribution in [0.2, 0.25) is 0 Å². The van der Waals surface area contributed by atoms with E-state index in [-0.39, 0.29) is 24.4 Å². The Morgan fingerprint density at radius 3 is 2.05 bits per heavy atom. The van der Waals surface area contributed by atoms with Gasteiger partial charge in [0.15, 0.2) is 0 Å². The van der Waals surface area contributed by atoms with E-state index in [2.05, 4.69) is 20.6 Å². The molecular weight excluding hydrogens is 279 g/mol. The molecule has 0 spiro atoms. The molecule has 0 aromatic heterocycles. The first-order chi connectivity index (χ1) is 8.63. The number of rotatable bonds is 7. The molecule has 0 bridgehead atoms. The average molecular weight is 294 g/mol. The van der Waals surface area contributed by atoms with Crippen molar-refractivity contribution in [3.8, 4) is 0 Å². The van der Waals surface area contributed by atoms with E-state index >= 15 is 0 Å². The molecule has 0 atom stereocenters. The second-order valence-electron chi connectivity index (χ2n) is 3.45. The number of phosphoric acid groups is 1. The van der Waals surface area contributed by atoms with E-state index in [1.165, 1.54) is 13.8 Å². The van der Waals surface area contributed by atoms with Crippen LogP contribution in [0.15, 0.2) is 24.0 Å². The highest BCUT2D eigenvalue weighted by atomic mass is 31.2. The molecular formula is C10H15O8P. The van der Waals surface area contributed by atoms with Crippen molar-refractivity contribution in [2.75, 3.05) is 13.2 Å². The van der Waals surface area contributed by atoms with Gasteiger partial charge in [-0.05, 0) is 13.8 Å². The van der Waals surface area contributed by atoms with Gasteiger partial charge in [0, 0.05) is 5.57 Å². The third-order valence-electron chi connectivity index (χ3n) is 1.59. The zero-order valence-corrected chi connectivity index (χ0v) is 11.4. The lowest BCUT2D eigenvalue weighted by molar-refractivity contribution is -0.147. The van der Waals surface area contributed by atoms with Gasteiger partial charge in [0.1, 0.15) is 19.5 Å². The van der Waals surface area contributed by atoms with E-state index < -0.39 is 19.8 Å². The second kappa shape index (κ2) is 7.73. The van der Waals surface area contributed by atoms with Gasteiger partial charge in [-0.2, -0.15) is 0 Å². The van der Waals surface area contributed by atoms with Crippen molar-refractivity contribution >= 4 is 19.8 Å². The molecule has 0 fully saturated rings. The molecule has 2 N–H and O–H groups in total. The third kappa shape index (κ3) is 9.01. The number of ether oxygens (including phenoxy) is 2. The number of hydrogen-bond donors (Lipinski definition) is 2. The normalized spacial score (nSPS) is 11.7. The summed E-state index contributed by atoms with van der Waals surface area (Å²) >= 11 is 0. The topological polar surface area (TPSA) is 119 Å². The summed E-state index contributed by atoms with van der Waals surface area (Å²) in [5.74, 6) is -1.45. The summed E-state index contributed by atoms with van der Waals surface area (Å²) in [6.07, 6.45) is 0.600. The van der Waals surface area contributed by atoms with Crippen LogP contribution in [-0.4, -0.2) is 34.9 Å². The smallest absolute Gasteiger partial charge is 0.459 e. The lowest BCUT2D eigenvalue weighted by Gasteiger charge is -2.07. The summed E-state index contributed by atoms with van der Waals surface area (Å²) in [6.45, 7) is 5.74. The summed E-state index contributed by atoms with van der Waals surface area (Å²) < 4.78 is 23.7. The van der Waals surface area contributed by atoms with E-state index in [0.717, 1.165) is 0 Å². The maximum Gasteiger partial charge on any atom is 0.524 e. The SMILES string of the molecule is C=C(C)C(=O)OCCOC(=O)C(C)=COP(=O)(O)O. The van der Waals surface area contributed by atoms with E-state index in [9.17, 15) is 14.2 Å². The first-order valence-electron chi connectivity index (χ1n) is 5.04. The Kier molecular flexibility index (Phi) is 7.06. The van der Waals surface area contributed by atoms with Crippen molar-refractivity contribution in [3.63, 3.8) is 0 Å². The third-order valence-corrected chi connectivity index (χ3v) is 1.97. The summed E-state index contributed by atoms with van der Waals surface area (Å²) in [7, 11) is -4.68. The van der Waals surface area contributed by atoms with Crippen molar-refractivity contribution in [2.45, 2.75) is 13.8 Å². The maximum absolute atomic E-state index is 11.3. The Bertz CT molecular complexity index is 433. The van der Waals surface area contributed by atoms with Gasteiger partial charge < -0.3 is 14.0 Å². The molecule has 0 aliphatic carbocycles. The van der Waals surface area contributed by atoms with E-state index in [0.29, 0.717) is 6.26 Å². The molecule has 19 heavy (non-hydrogen) atoms. The van der Waals surface area contributed by atoms with E-state index in [4.69, 9.17) is 9.79 Å². The van der Waals surface area contributed by atoms with Crippen molar-refractivity contribution in [3.05, 3.63) is 24.0 Å². The van der Waals surface area contributed by atoms with Crippen molar-refractivity contribution in [1.82, 2.24) is 0 Å². The Hall–Kier alpha value is -1.63. The molecule has 8 nitrogen and oxygen atoms in total. The molecule has 108 valence electrons. The Labute approximate surface area is 109 Å². The number of esters is 2. The van der Waals surface area contributed by atoms with Crippen LogP contribution in [0.25, 0.3) is 0 Å². The predicted octanol–water partition coefficient (Wildman–Crippen LogP) is 0.662. The summed E-state index contributed by atoms with van der Waals surface area (Å²) in [5.41, 5.74) is 0.0759. The number of hydrogen-bond acceptors (Lipinski definition) is 6. The van der Waals surface area contributed by atoms with Gasteiger partial charge in [-0.1, -0.05) is 6.58 Å². The zero-order valence-electron chi connectivity index (χ0n) is 10.5. The molecule has 9 heteroatoms. The fourth-order valence-corrected chi connectivity index (χ4v) is 0.997. The van der Waals surface area contributed by atoms with Gasteiger partial charge in [-0.15, -0.1) is 0 Å². The molecule has 0 aromatic carbocycles. The lowest BCUT2D eigenvalue weighted by Crippen LogP contribution is -2.14. The van der Waals surface area contributed by atoms with Crippen molar-refractivity contribution < 1.29 is 37.9 Å². The fourth-order valence-electron chi connectivity index (χ4n) is 0.702. The van der Waals surface area contributed by atoms with Crippen LogP contribution in [0.5, 0.6) is 0 Å². The van der Waals surface area contributed by atoms with Crippen LogP contribution in [0.3, 0.4) is 0 Å². The molecule has 0 unspecified atom stereocenters. The van der Waals surface area contributed by atoms with Crippen LogP contribution in [-0.2, 0) is 28.2 Å². The molecule has 0 amide bonds. The van der Waals surface area contributed by atoms with E-state index in [1.807, 2.05) is 0 Å². The monoisotopic (exact) mass is 294 g/mol. The van der Waals surface area contributed by atoms with Crippen LogP contribution in [0, 0.1) is 0 Å². The minimum Gasteiger partial charge on any atom is -0.459 e. The predicted molar refractivity (Wildman–Crippen MR) is 63.6 cm³/mol. The Balaban J connectivity index is 4.02. The second-order valence-corrected chi connectivity index (χ2v) is 4.64. The highest BCUT2D eigenvalue weighted by Gasteiger charge is 2.14. The first kappa shape index (κ1) is 17.4. The summed E-state index contributed by atoms with van der Waals surface area (Å²) in [5, 5.41) is 0. The molecule has 0 rings (SSSR count). The molecule has 0 saturated heterocycles. The number of phosphoric ester groups is 1. The van der Waals surface area contributed by atoms with Crippen molar-refractivity contribution in [2.24, 2.45) is 0 Å². The van der Waals surface area contributed by atoms with Crippen LogP contribution in [0.4, 0.5) is 0 Å². The Morgan fingerprint density at radius 1 is 1.16 bits per heavy atom. The molecule has 0 heterocycles. The van der Waals surface area contributed by atoms with Crippen molar-refractivity contribution in [1.29, 1.82) is 0 Å². The molecule has 0 aromatic rings. The summed E-state index contributed by atoms with van der Waals surface area (Å²) in [4.78, 5) is 39.0. The van der Waals surface area contributed by atoms with Gasteiger partial charge in [0.05, 0.1) is 5.57 Å². The van der Waals surface area contributed by atoms with Gasteiger partial charge >= 0.3 is 19.8 Å². The fraction of sp³-hybridized carbons (Fsp3) is 0.400. The molecule has 0 saturated carbocycles. The molecule has 0 radical (unpaired) electrons. The van der Waals surface area contributed by atoms with Gasteiger partial charge in [-0.3, -0.25) is 9.79 Å². The lowest BCUT2D eigenvalue weighted by atomic mass is 10.3. The quantitative estimate of drug-likeness (QED) is 0.231. The van der Waals surface area contributed by atoms with E-state index in [1.54, 1.807) is 0 Å². The largest absolute Gasteiger partial charge is 0.524 e. The molecule has 0 aliphatic rings. The maximum atomic E-state index is 11.3. The van der Waals surface area contributed by atoms with Gasteiger partial charge in [0.25, 0.3) is 0 Å². The summed E-state index contributed by atoms with van der Waals surface area (Å²) in [6, 6.07) is 0. The number of carbonyl (C=O) groups excluding carboxylic acids is 2. The highest BCUT2D eigenvalue weighted by Crippen LogP contribution is 2.36. The standard InChI is InChI=1S/C10H15O8P/c1-7(2)9(11)16-4-5-17-10(12)8(3)6-18-19(13,14)15/h6H,1,4-5H2,2-3H3,(H2,13,14,15). The van der Waals surface area contributed by atoms with Crippen LogP contribution in [0.1, 0.15) is 13.8 Å². The Morgan fingerprint density at radius 2 is 1.63 bits per heavy atom. The first-order valence-corrected chi connectivity index (χ1v) is 6.57. The zero-order chi connectivity index (χ0) is 15.1. The molecule has 0 aliphatic heterocycles. The van der Waals surface area contributed by atoms with Crippen LogP contribution < -0.4 is 0 Å². The average Bonchev–Trinajstić information content (AvgIpc) is 2.29. The number of carbonyl (C=O) groups is 2. The van der Waals surface area contributed by atoms with Crippen LogP contribution >= 0.6 is 7.82 Å². The minimum absolute atomic E-state index is 0.144. The van der Waals surface area contributed by atoms with Gasteiger partial charge in [0.2, 0.25) is 0 Å². The highest BCUT2D eigenvalue weighted by molar-refractivity contribution is 7.46. The minimum atomic E-state index is -4.68.